The second kappa shape index (κ2) is 4.91. The van der Waals surface area contributed by atoms with Gasteiger partial charge in [0, 0.05) is 22.7 Å². The first-order chi connectivity index (χ1) is 8.81. The van der Waals surface area contributed by atoms with Crippen molar-refractivity contribution in [2.75, 3.05) is 7.11 Å². The Hall–Kier alpha value is -1.04. The number of aromatic amines is 1. The maximum Gasteiger partial charge on any atom is 0.131 e. The van der Waals surface area contributed by atoms with Gasteiger partial charge in [-0.15, -0.1) is 0 Å². The van der Waals surface area contributed by atoms with Gasteiger partial charge in [-0.2, -0.15) is 5.10 Å². The summed E-state index contributed by atoms with van der Waals surface area (Å²) in [5.41, 5.74) is 3.63. The Morgan fingerprint density at radius 1 is 1.33 bits per heavy atom. The Kier molecular flexibility index (Phi) is 3.28. The molecule has 1 fully saturated rings. The molecule has 94 valence electrons. The molecule has 1 aliphatic carbocycles. The Morgan fingerprint density at radius 3 is 2.78 bits per heavy atom. The van der Waals surface area contributed by atoms with E-state index >= 15 is 0 Å². The Bertz CT molecular complexity index is 561. The fourth-order valence-corrected chi connectivity index (χ4v) is 3.13. The van der Waals surface area contributed by atoms with Crippen LogP contribution in [0, 0.1) is 3.70 Å². The molecule has 1 saturated carbocycles. The third-order valence-corrected chi connectivity index (χ3v) is 4.42. The lowest BCUT2D eigenvalue weighted by Gasteiger charge is -2.25. The first kappa shape index (κ1) is 12.0. The quantitative estimate of drug-likeness (QED) is 0.848. The van der Waals surface area contributed by atoms with E-state index in [1.807, 2.05) is 18.2 Å². The summed E-state index contributed by atoms with van der Waals surface area (Å²) in [7, 11) is 1.72. The highest BCUT2D eigenvalue weighted by Gasteiger charge is 2.27. The van der Waals surface area contributed by atoms with Gasteiger partial charge in [-0.05, 0) is 41.5 Å². The molecule has 1 aliphatic rings. The molecular formula is C14H15IN2O. The molecule has 3 nitrogen and oxygen atoms in total. The van der Waals surface area contributed by atoms with Gasteiger partial charge in [0.2, 0.25) is 0 Å². The zero-order chi connectivity index (χ0) is 12.5. The largest absolute Gasteiger partial charge is 0.496 e. The van der Waals surface area contributed by atoms with Crippen LogP contribution in [0.5, 0.6) is 5.75 Å². The van der Waals surface area contributed by atoms with Crippen LogP contribution in [0.1, 0.15) is 30.9 Å². The Labute approximate surface area is 120 Å². The third-order valence-electron chi connectivity index (χ3n) is 3.64. The van der Waals surface area contributed by atoms with E-state index in [0.29, 0.717) is 5.92 Å². The average Bonchev–Trinajstić information content (AvgIpc) is 2.69. The highest BCUT2D eigenvalue weighted by atomic mass is 127. The monoisotopic (exact) mass is 354 g/mol. The molecule has 4 heteroatoms. The summed E-state index contributed by atoms with van der Waals surface area (Å²) < 4.78 is 6.49. The van der Waals surface area contributed by atoms with Crippen molar-refractivity contribution in [1.29, 1.82) is 0 Å². The number of nitrogens with zero attached hydrogens (tertiary/aromatic N) is 1. The molecule has 18 heavy (non-hydrogen) atoms. The van der Waals surface area contributed by atoms with Crippen molar-refractivity contribution in [3.8, 4) is 16.9 Å². The normalized spacial score (nSPS) is 15.4. The predicted octanol–water partition coefficient (Wildman–Crippen LogP) is 3.96. The number of aromatic nitrogens is 2. The molecule has 0 spiro atoms. The van der Waals surface area contributed by atoms with E-state index in [4.69, 9.17) is 4.74 Å². The standard InChI is InChI=1S/C14H15IN2O/c1-18-11-8-3-2-7-10(11)12-13(9-5-4-6-9)16-17-14(12)15/h2-3,7-9H,4-6H2,1H3,(H,16,17). The smallest absolute Gasteiger partial charge is 0.131 e. The molecule has 1 aromatic carbocycles. The van der Waals surface area contributed by atoms with E-state index < -0.39 is 0 Å². The van der Waals surface area contributed by atoms with Crippen molar-refractivity contribution in [2.45, 2.75) is 25.2 Å². The minimum absolute atomic E-state index is 0.640. The first-order valence-corrected chi connectivity index (χ1v) is 7.26. The van der Waals surface area contributed by atoms with E-state index in [-0.39, 0.29) is 0 Å². The summed E-state index contributed by atoms with van der Waals surface area (Å²) in [6.45, 7) is 0. The summed E-state index contributed by atoms with van der Waals surface area (Å²) in [4.78, 5) is 0. The van der Waals surface area contributed by atoms with Crippen LogP contribution >= 0.6 is 22.6 Å². The number of benzene rings is 1. The average molecular weight is 354 g/mol. The first-order valence-electron chi connectivity index (χ1n) is 6.18. The zero-order valence-electron chi connectivity index (χ0n) is 10.2. The van der Waals surface area contributed by atoms with Gasteiger partial charge in [0.1, 0.15) is 9.45 Å². The molecular weight excluding hydrogens is 339 g/mol. The van der Waals surface area contributed by atoms with Gasteiger partial charge in [0.25, 0.3) is 0 Å². The second-order valence-electron chi connectivity index (χ2n) is 4.63. The van der Waals surface area contributed by atoms with E-state index in [2.05, 4.69) is 38.9 Å². The van der Waals surface area contributed by atoms with Crippen molar-refractivity contribution in [2.24, 2.45) is 0 Å². The van der Waals surface area contributed by atoms with E-state index in [0.717, 1.165) is 15.0 Å². The number of ether oxygens (including phenoxy) is 1. The highest BCUT2D eigenvalue weighted by Crippen LogP contribution is 2.43. The molecule has 1 aromatic heterocycles. The van der Waals surface area contributed by atoms with Crippen LogP contribution in [-0.2, 0) is 0 Å². The number of hydrogen-bond donors (Lipinski definition) is 1. The van der Waals surface area contributed by atoms with Crippen molar-refractivity contribution in [3.63, 3.8) is 0 Å². The van der Waals surface area contributed by atoms with Gasteiger partial charge >= 0.3 is 0 Å². The van der Waals surface area contributed by atoms with Crippen molar-refractivity contribution >= 4 is 22.6 Å². The topological polar surface area (TPSA) is 37.9 Å². The summed E-state index contributed by atoms with van der Waals surface area (Å²) in [5, 5.41) is 7.59. The number of nitrogens with one attached hydrogen (secondary N) is 1. The van der Waals surface area contributed by atoms with Crippen LogP contribution < -0.4 is 4.74 Å². The molecule has 0 saturated heterocycles. The van der Waals surface area contributed by atoms with Crippen molar-refractivity contribution in [3.05, 3.63) is 33.7 Å². The molecule has 2 aromatic rings. The van der Waals surface area contributed by atoms with E-state index in [1.165, 1.54) is 30.5 Å². The molecule has 3 rings (SSSR count). The van der Waals surface area contributed by atoms with Crippen molar-refractivity contribution in [1.82, 2.24) is 10.2 Å². The lowest BCUT2D eigenvalue weighted by molar-refractivity contribution is 0.409. The number of halogens is 1. The zero-order valence-corrected chi connectivity index (χ0v) is 12.4. The Morgan fingerprint density at radius 2 is 2.11 bits per heavy atom. The van der Waals surface area contributed by atoms with Gasteiger partial charge in [0.05, 0.1) is 7.11 Å². The third kappa shape index (κ3) is 1.92. The van der Waals surface area contributed by atoms with Crippen LogP contribution in [0.4, 0.5) is 0 Å². The molecule has 1 heterocycles. The van der Waals surface area contributed by atoms with Gasteiger partial charge in [-0.3, -0.25) is 5.10 Å². The minimum atomic E-state index is 0.640. The van der Waals surface area contributed by atoms with Gasteiger partial charge in [0.15, 0.2) is 0 Å². The summed E-state index contributed by atoms with van der Waals surface area (Å²) in [6.07, 6.45) is 3.85. The van der Waals surface area contributed by atoms with Crippen LogP contribution in [-0.4, -0.2) is 17.3 Å². The molecule has 0 radical (unpaired) electrons. The molecule has 0 unspecified atom stereocenters. The molecule has 0 aliphatic heterocycles. The van der Waals surface area contributed by atoms with Gasteiger partial charge in [-0.1, -0.05) is 24.6 Å². The minimum Gasteiger partial charge on any atom is -0.496 e. The van der Waals surface area contributed by atoms with E-state index in [9.17, 15) is 0 Å². The van der Waals surface area contributed by atoms with Gasteiger partial charge in [-0.25, -0.2) is 0 Å². The highest BCUT2D eigenvalue weighted by molar-refractivity contribution is 14.1. The van der Waals surface area contributed by atoms with Crippen molar-refractivity contribution < 1.29 is 4.74 Å². The van der Waals surface area contributed by atoms with Gasteiger partial charge < -0.3 is 4.74 Å². The number of methoxy groups -OCH3 is 1. The molecule has 0 amide bonds. The predicted molar refractivity (Wildman–Crippen MR) is 79.9 cm³/mol. The molecule has 1 N–H and O–H groups in total. The van der Waals surface area contributed by atoms with Crippen LogP contribution in [0.3, 0.4) is 0 Å². The number of H-pyrrole nitrogens is 1. The SMILES string of the molecule is COc1ccccc1-c1c(I)n[nH]c1C1CCC1. The number of rotatable bonds is 3. The summed E-state index contributed by atoms with van der Waals surface area (Å²) in [5.74, 6) is 1.55. The fraction of sp³-hybridized carbons (Fsp3) is 0.357. The maximum absolute atomic E-state index is 5.47. The second-order valence-corrected chi connectivity index (χ2v) is 5.65. The van der Waals surface area contributed by atoms with Crippen LogP contribution in [0.15, 0.2) is 24.3 Å². The maximum atomic E-state index is 5.47. The number of hydrogen-bond acceptors (Lipinski definition) is 2. The number of para-hydroxylation sites is 1. The molecule has 0 atom stereocenters. The summed E-state index contributed by atoms with van der Waals surface area (Å²) in [6, 6.07) is 8.15. The van der Waals surface area contributed by atoms with Crippen LogP contribution in [0.25, 0.3) is 11.1 Å². The Balaban J connectivity index is 2.12. The van der Waals surface area contributed by atoms with E-state index in [1.54, 1.807) is 7.11 Å². The fourth-order valence-electron chi connectivity index (χ4n) is 2.43. The van der Waals surface area contributed by atoms with Crippen LogP contribution in [0.2, 0.25) is 0 Å². The lowest BCUT2D eigenvalue weighted by atomic mass is 9.81. The lowest BCUT2D eigenvalue weighted by Crippen LogP contribution is -2.10. The summed E-state index contributed by atoms with van der Waals surface area (Å²) >= 11 is 2.29. The molecule has 0 bridgehead atoms.